The van der Waals surface area contributed by atoms with E-state index < -0.39 is 0 Å². The molecule has 3 nitrogen and oxygen atoms in total. The lowest BCUT2D eigenvalue weighted by Gasteiger charge is -2.60. The van der Waals surface area contributed by atoms with Crippen molar-refractivity contribution in [2.24, 2.45) is 17.3 Å². The third-order valence-corrected chi connectivity index (χ3v) is 9.60. The fourth-order valence-electron chi connectivity index (χ4n) is 6.94. The lowest BCUT2D eigenvalue weighted by atomic mass is 9.48. The van der Waals surface area contributed by atoms with Gasteiger partial charge in [-0.2, -0.15) is 0 Å². The summed E-state index contributed by atoms with van der Waals surface area (Å²) in [5.41, 5.74) is 4.48. The molecular weight excluding hydrogens is 468 g/mol. The molecule has 4 saturated carbocycles. The highest BCUT2D eigenvalue weighted by atomic mass is 79.9. The van der Waals surface area contributed by atoms with Crippen molar-refractivity contribution >= 4 is 49.1 Å². The molecular formula is C26H27BrN2OS. The average Bonchev–Trinajstić information content (AvgIpc) is 3.09. The molecule has 1 amide bonds. The highest BCUT2D eigenvalue weighted by molar-refractivity contribution is 9.10. The van der Waals surface area contributed by atoms with Crippen LogP contribution < -0.4 is 5.32 Å². The van der Waals surface area contributed by atoms with Crippen molar-refractivity contribution < 1.29 is 4.79 Å². The SMILES string of the molecule is Cc1ccc2nc(-c3ccc(NC(=O)CC45C[C@@H]6C[C@H](CC(Br)(C6)C4)C5)cc3)sc2c1. The topological polar surface area (TPSA) is 42.0 Å². The molecule has 0 radical (unpaired) electrons. The van der Waals surface area contributed by atoms with Crippen LogP contribution in [0.5, 0.6) is 0 Å². The van der Waals surface area contributed by atoms with Crippen molar-refractivity contribution in [1.29, 1.82) is 0 Å². The van der Waals surface area contributed by atoms with Crippen molar-refractivity contribution in [1.82, 2.24) is 4.98 Å². The first-order chi connectivity index (χ1) is 14.9. The zero-order valence-electron chi connectivity index (χ0n) is 17.8. The minimum Gasteiger partial charge on any atom is -0.326 e. The lowest BCUT2D eigenvalue weighted by Crippen LogP contribution is -2.53. The standard InChI is InChI=1S/C26H27BrN2OS/c1-16-2-7-21-22(8-16)31-24(29-21)19-3-5-20(6-4-19)28-23(30)14-25-10-17-9-18(11-25)13-26(27,12-17)15-25/h2-8,17-18H,9-15H2,1H3,(H,28,30)/t17-,18-,25?,26?/m0/s1. The molecule has 4 fully saturated rings. The lowest BCUT2D eigenvalue weighted by molar-refractivity contribution is -0.123. The Morgan fingerprint density at radius 1 is 1.13 bits per heavy atom. The Morgan fingerprint density at radius 3 is 2.58 bits per heavy atom. The van der Waals surface area contributed by atoms with Gasteiger partial charge in [-0.25, -0.2) is 4.98 Å². The Labute approximate surface area is 195 Å². The predicted molar refractivity (Wildman–Crippen MR) is 132 cm³/mol. The van der Waals surface area contributed by atoms with E-state index >= 15 is 0 Å². The summed E-state index contributed by atoms with van der Waals surface area (Å²) in [5.74, 6) is 1.79. The highest BCUT2D eigenvalue weighted by Crippen LogP contribution is 2.65. The number of hydrogen-bond donors (Lipinski definition) is 1. The van der Waals surface area contributed by atoms with Gasteiger partial charge in [0.2, 0.25) is 5.91 Å². The largest absolute Gasteiger partial charge is 0.326 e. The first kappa shape index (κ1) is 19.9. The van der Waals surface area contributed by atoms with E-state index in [1.165, 1.54) is 42.4 Å². The third kappa shape index (κ3) is 3.74. The minimum atomic E-state index is 0.168. The second kappa shape index (κ2) is 7.14. The molecule has 7 rings (SSSR count). The molecule has 0 unspecified atom stereocenters. The smallest absolute Gasteiger partial charge is 0.224 e. The number of benzene rings is 2. The second-order valence-corrected chi connectivity index (χ2v) is 13.1. The molecule has 0 saturated heterocycles. The number of carbonyl (C=O) groups excluding carboxylic acids is 1. The van der Waals surface area contributed by atoms with E-state index in [2.05, 4.69) is 58.5 Å². The number of rotatable bonds is 4. The molecule has 2 atom stereocenters. The normalized spacial score (nSPS) is 31.3. The van der Waals surface area contributed by atoms with E-state index in [1.807, 2.05) is 12.1 Å². The quantitative estimate of drug-likeness (QED) is 0.385. The summed E-state index contributed by atoms with van der Waals surface area (Å²) < 4.78 is 1.52. The second-order valence-electron chi connectivity index (χ2n) is 10.4. The molecule has 4 bridgehead atoms. The Hall–Kier alpha value is -1.72. The van der Waals surface area contributed by atoms with Crippen LogP contribution in [0.2, 0.25) is 0 Å². The highest BCUT2D eigenvalue weighted by Gasteiger charge is 2.57. The van der Waals surface area contributed by atoms with Crippen LogP contribution in [0.25, 0.3) is 20.8 Å². The van der Waals surface area contributed by atoms with Gasteiger partial charge in [-0.05, 0) is 105 Å². The van der Waals surface area contributed by atoms with E-state index in [4.69, 9.17) is 4.98 Å². The molecule has 1 aromatic heterocycles. The minimum absolute atomic E-state index is 0.168. The molecule has 1 heterocycles. The summed E-state index contributed by atoms with van der Waals surface area (Å²) in [7, 11) is 0. The van der Waals surface area contributed by atoms with E-state index in [0.717, 1.165) is 40.0 Å². The molecule has 4 aliphatic rings. The van der Waals surface area contributed by atoms with E-state index in [1.54, 1.807) is 11.3 Å². The van der Waals surface area contributed by atoms with Gasteiger partial charge >= 0.3 is 0 Å². The van der Waals surface area contributed by atoms with E-state index in [-0.39, 0.29) is 11.3 Å². The molecule has 0 aliphatic heterocycles. The van der Waals surface area contributed by atoms with Crippen LogP contribution in [0, 0.1) is 24.2 Å². The van der Waals surface area contributed by atoms with Gasteiger partial charge < -0.3 is 5.32 Å². The van der Waals surface area contributed by atoms with Crippen LogP contribution in [-0.4, -0.2) is 15.2 Å². The van der Waals surface area contributed by atoms with Crippen LogP contribution >= 0.6 is 27.3 Å². The van der Waals surface area contributed by atoms with Crippen LogP contribution in [0.3, 0.4) is 0 Å². The number of carbonyl (C=O) groups is 1. The average molecular weight is 495 g/mol. The maximum Gasteiger partial charge on any atom is 0.224 e. The number of amides is 1. The van der Waals surface area contributed by atoms with Gasteiger partial charge in [-0.3, -0.25) is 4.79 Å². The Kier molecular flexibility index (Phi) is 4.59. The number of alkyl halides is 1. The van der Waals surface area contributed by atoms with Gasteiger partial charge in [0.15, 0.2) is 0 Å². The zero-order valence-corrected chi connectivity index (χ0v) is 20.2. The van der Waals surface area contributed by atoms with Crippen LogP contribution in [-0.2, 0) is 4.79 Å². The number of thiazole rings is 1. The number of hydrogen-bond acceptors (Lipinski definition) is 3. The fraction of sp³-hybridized carbons (Fsp3) is 0.462. The molecule has 0 spiro atoms. The van der Waals surface area contributed by atoms with Gasteiger partial charge in [0.25, 0.3) is 0 Å². The summed E-state index contributed by atoms with van der Waals surface area (Å²) in [6, 6.07) is 14.5. The number of halogens is 1. The maximum atomic E-state index is 13.0. The molecule has 4 aliphatic carbocycles. The first-order valence-electron chi connectivity index (χ1n) is 11.3. The Balaban J connectivity index is 1.15. The van der Waals surface area contributed by atoms with Crippen molar-refractivity contribution in [2.45, 2.75) is 56.2 Å². The predicted octanol–water partition coefficient (Wildman–Crippen LogP) is 7.33. The maximum absolute atomic E-state index is 13.0. The van der Waals surface area contributed by atoms with E-state index in [0.29, 0.717) is 10.7 Å². The van der Waals surface area contributed by atoms with Crippen LogP contribution in [0.4, 0.5) is 5.69 Å². The number of nitrogens with zero attached hydrogens (tertiary/aromatic N) is 1. The third-order valence-electron chi connectivity index (χ3n) is 7.61. The summed E-state index contributed by atoms with van der Waals surface area (Å²) in [6.07, 6.45) is 8.28. The summed E-state index contributed by atoms with van der Waals surface area (Å²) in [4.78, 5) is 17.7. The monoisotopic (exact) mass is 494 g/mol. The van der Waals surface area contributed by atoms with Crippen molar-refractivity contribution in [3.8, 4) is 10.6 Å². The van der Waals surface area contributed by atoms with Crippen molar-refractivity contribution in [3.63, 3.8) is 0 Å². The van der Waals surface area contributed by atoms with E-state index in [9.17, 15) is 4.79 Å². The molecule has 2 aromatic carbocycles. The molecule has 31 heavy (non-hydrogen) atoms. The summed E-state index contributed by atoms with van der Waals surface area (Å²) in [5, 5.41) is 4.19. The number of nitrogens with one attached hydrogen (secondary N) is 1. The summed E-state index contributed by atoms with van der Waals surface area (Å²) in [6.45, 7) is 2.11. The number of anilines is 1. The molecule has 160 valence electrons. The summed E-state index contributed by atoms with van der Waals surface area (Å²) >= 11 is 5.78. The molecule has 5 heteroatoms. The zero-order chi connectivity index (χ0) is 21.2. The molecule has 3 aromatic rings. The first-order valence-corrected chi connectivity index (χ1v) is 12.9. The van der Waals surface area contributed by atoms with Crippen LogP contribution in [0.15, 0.2) is 42.5 Å². The van der Waals surface area contributed by atoms with Gasteiger partial charge in [0.1, 0.15) is 5.01 Å². The van der Waals surface area contributed by atoms with Gasteiger partial charge in [0, 0.05) is 22.0 Å². The number of fused-ring (bicyclic) bond motifs is 1. The van der Waals surface area contributed by atoms with Crippen LogP contribution in [0.1, 0.15) is 50.5 Å². The fourth-order valence-corrected chi connectivity index (χ4v) is 9.52. The van der Waals surface area contributed by atoms with Gasteiger partial charge in [0.05, 0.1) is 10.2 Å². The van der Waals surface area contributed by atoms with Gasteiger partial charge in [-0.15, -0.1) is 11.3 Å². The van der Waals surface area contributed by atoms with Gasteiger partial charge in [-0.1, -0.05) is 22.0 Å². The van der Waals surface area contributed by atoms with Crippen molar-refractivity contribution in [2.75, 3.05) is 5.32 Å². The Bertz CT molecular complexity index is 1150. The van der Waals surface area contributed by atoms with Crippen molar-refractivity contribution in [3.05, 3.63) is 48.0 Å². The molecule has 1 N–H and O–H groups in total. The number of aromatic nitrogens is 1. The number of aryl methyl sites for hydroxylation is 1. The Morgan fingerprint density at radius 2 is 1.87 bits per heavy atom.